The van der Waals surface area contributed by atoms with Crippen molar-refractivity contribution >= 4 is 27.8 Å². The maximum Gasteiger partial charge on any atom is 0.391 e. The minimum atomic E-state index is -0.716. The third-order valence-corrected chi connectivity index (χ3v) is 6.59. The van der Waals surface area contributed by atoms with Crippen molar-refractivity contribution in [3.8, 4) is 5.75 Å². The molecule has 24 heavy (non-hydrogen) atoms. The number of likely N-dealkylation sites (tertiary alicyclic amines) is 1. The molecule has 1 saturated heterocycles. The Bertz CT molecular complexity index is 795. The van der Waals surface area contributed by atoms with Crippen LogP contribution in [0.5, 0.6) is 5.75 Å². The van der Waals surface area contributed by atoms with Crippen LogP contribution in [0.15, 0.2) is 38.4 Å². The number of fused-ring (bicyclic) bond motifs is 1. The van der Waals surface area contributed by atoms with Gasteiger partial charge < -0.3 is 14.4 Å². The van der Waals surface area contributed by atoms with Gasteiger partial charge in [-0.15, -0.1) is 0 Å². The number of carbonyl (C=O) groups excluding carboxylic acids is 1. The largest absolute Gasteiger partial charge is 0.868 e. The zero-order chi connectivity index (χ0) is 17.1. The molecule has 1 aliphatic rings. The summed E-state index contributed by atoms with van der Waals surface area (Å²) in [6.07, 6.45) is 3.20. The van der Waals surface area contributed by atoms with E-state index in [4.69, 9.17) is 4.42 Å². The van der Waals surface area contributed by atoms with E-state index in [1.165, 1.54) is 0 Å². The number of rotatable bonds is 4. The van der Waals surface area contributed by atoms with Gasteiger partial charge in [-0.2, -0.15) is 0 Å². The van der Waals surface area contributed by atoms with E-state index < -0.39 is 16.5 Å². The predicted molar refractivity (Wildman–Crippen MR) is 93.4 cm³/mol. The van der Waals surface area contributed by atoms with Crippen LogP contribution in [0.3, 0.4) is 0 Å². The maximum absolute atomic E-state index is 12.7. The molecule has 1 aromatic carbocycles. The summed E-state index contributed by atoms with van der Waals surface area (Å²) in [4.78, 5) is 26.8. The number of hydrogen-bond acceptors (Lipinski definition) is 4. The van der Waals surface area contributed by atoms with E-state index >= 15 is 0 Å². The van der Waals surface area contributed by atoms with Crippen molar-refractivity contribution < 1.29 is 14.3 Å². The van der Waals surface area contributed by atoms with Gasteiger partial charge in [-0.1, -0.05) is 18.2 Å². The molecule has 0 N–H and O–H groups in total. The van der Waals surface area contributed by atoms with Crippen LogP contribution in [0.4, 0.5) is 0 Å². The topological polar surface area (TPSA) is 73.6 Å². The highest BCUT2D eigenvalue weighted by Gasteiger charge is 2.32. The number of piperidine rings is 1. The van der Waals surface area contributed by atoms with Crippen LogP contribution >= 0.6 is 0 Å². The van der Waals surface area contributed by atoms with Gasteiger partial charge in [0.25, 0.3) is 5.91 Å². The normalized spacial score (nSPS) is 16.3. The Balaban J connectivity index is 1.91. The second-order valence-corrected chi connectivity index (χ2v) is 8.17. The van der Waals surface area contributed by atoms with Crippen LogP contribution < -0.4 is 10.7 Å². The van der Waals surface area contributed by atoms with Gasteiger partial charge in [0, 0.05) is 29.4 Å². The fraction of sp³-hybridized carbons (Fsp3) is 0.444. The van der Waals surface area contributed by atoms with Crippen LogP contribution in [0, 0.1) is 0 Å². The molecule has 5 nitrogen and oxygen atoms in total. The van der Waals surface area contributed by atoms with E-state index in [-0.39, 0.29) is 22.3 Å². The summed E-state index contributed by atoms with van der Waals surface area (Å²) in [5.41, 5.74) is -0.298. The molecule has 128 valence electrons. The number of amides is 1. The van der Waals surface area contributed by atoms with Gasteiger partial charge in [0.2, 0.25) is 4.90 Å². The number of hydrogen-bond donors (Lipinski definition) is 0. The second kappa shape index (κ2) is 7.30. The van der Waals surface area contributed by atoms with Crippen molar-refractivity contribution in [3.63, 3.8) is 0 Å². The van der Waals surface area contributed by atoms with Crippen molar-refractivity contribution in [1.29, 1.82) is 0 Å². The van der Waals surface area contributed by atoms with E-state index in [2.05, 4.69) is 0 Å². The lowest BCUT2D eigenvalue weighted by Crippen LogP contribution is -2.40. The average Bonchev–Trinajstić information content (AvgIpc) is 2.61. The summed E-state index contributed by atoms with van der Waals surface area (Å²) < 4.78 is 5.31. The van der Waals surface area contributed by atoms with Gasteiger partial charge in [-0.25, -0.2) is 4.79 Å². The molecule has 3 rings (SSSR count). The molecule has 1 aliphatic heterocycles. The van der Waals surface area contributed by atoms with E-state index in [0.29, 0.717) is 16.7 Å². The fourth-order valence-corrected chi connectivity index (χ4v) is 4.82. The highest BCUT2D eigenvalue weighted by molar-refractivity contribution is 7.97. The molecule has 1 unspecified atom stereocenters. The fourth-order valence-electron chi connectivity index (χ4n) is 3.06. The van der Waals surface area contributed by atoms with Crippen LogP contribution in [0.1, 0.15) is 26.2 Å². The lowest BCUT2D eigenvalue weighted by Gasteiger charge is -2.26. The summed E-state index contributed by atoms with van der Waals surface area (Å²) in [6.45, 7) is 3.45. The molecule has 0 radical (unpaired) electrons. The first-order valence-corrected chi connectivity index (χ1v) is 9.86. The molecular formula is C18H21NO4S. The predicted octanol–water partition coefficient (Wildman–Crippen LogP) is 1.88. The smallest absolute Gasteiger partial charge is 0.391 e. The highest BCUT2D eigenvalue weighted by Crippen LogP contribution is 2.28. The molecule has 1 fully saturated rings. The first kappa shape index (κ1) is 16.9. The van der Waals surface area contributed by atoms with Gasteiger partial charge in [-0.3, -0.25) is 4.79 Å². The summed E-state index contributed by atoms with van der Waals surface area (Å²) in [5.74, 6) is 0.539. The van der Waals surface area contributed by atoms with Crippen molar-refractivity contribution in [2.75, 3.05) is 24.6 Å². The molecule has 2 aromatic rings. The Morgan fingerprint density at radius 2 is 1.96 bits per heavy atom. The average molecular weight is 347 g/mol. The van der Waals surface area contributed by atoms with E-state index in [1.54, 1.807) is 24.3 Å². The molecule has 0 spiro atoms. The quantitative estimate of drug-likeness (QED) is 0.625. The molecule has 1 atom stereocenters. The first-order chi connectivity index (χ1) is 11.6. The van der Waals surface area contributed by atoms with Gasteiger partial charge in [0.1, 0.15) is 11.3 Å². The standard InChI is InChI=1S/C18H21NO4S/c1-2-24(12-15(20)19-10-6-3-7-11-19)17-16(21)13-8-4-5-9-14(13)23-18(17)22/h4-5,8-9H,2-3,6-7,10-12H2,1H3. The van der Waals surface area contributed by atoms with Crippen LogP contribution in [-0.2, 0) is 15.7 Å². The van der Waals surface area contributed by atoms with Crippen molar-refractivity contribution in [3.05, 3.63) is 34.7 Å². The highest BCUT2D eigenvalue weighted by atomic mass is 32.2. The Morgan fingerprint density at radius 3 is 2.67 bits per heavy atom. The Kier molecular flexibility index (Phi) is 5.14. The number of para-hydroxylation sites is 1. The minimum absolute atomic E-state index is 0.0341. The van der Waals surface area contributed by atoms with Gasteiger partial charge in [0.15, 0.2) is 5.75 Å². The van der Waals surface area contributed by atoms with Gasteiger partial charge in [-0.05, 0) is 38.0 Å². The second-order valence-electron chi connectivity index (χ2n) is 5.91. The monoisotopic (exact) mass is 347 g/mol. The Morgan fingerprint density at radius 1 is 1.25 bits per heavy atom. The molecular weight excluding hydrogens is 326 g/mol. The summed E-state index contributed by atoms with van der Waals surface area (Å²) in [7, 11) is -0.716. The summed E-state index contributed by atoms with van der Waals surface area (Å²) in [5, 5.41) is 13.1. The summed E-state index contributed by atoms with van der Waals surface area (Å²) >= 11 is 0. The van der Waals surface area contributed by atoms with Gasteiger partial charge >= 0.3 is 5.63 Å². The van der Waals surface area contributed by atoms with Crippen molar-refractivity contribution in [2.24, 2.45) is 0 Å². The van der Waals surface area contributed by atoms with Crippen LogP contribution in [0.2, 0.25) is 0 Å². The SMILES string of the molecule is CC[S+](CC(=O)N1CCCCC1)c1c([O-])c2ccccc2oc1=O. The lowest BCUT2D eigenvalue weighted by atomic mass is 10.1. The van der Waals surface area contributed by atoms with E-state index in [9.17, 15) is 14.7 Å². The van der Waals surface area contributed by atoms with E-state index in [0.717, 1.165) is 32.4 Å². The third kappa shape index (κ3) is 3.29. The van der Waals surface area contributed by atoms with E-state index in [1.807, 2.05) is 11.8 Å². The van der Waals surface area contributed by atoms with Crippen LogP contribution in [-0.4, -0.2) is 35.4 Å². The number of nitrogens with zero attached hydrogens (tertiary/aromatic N) is 1. The Hall–Kier alpha value is -1.95. The third-order valence-electron chi connectivity index (χ3n) is 4.37. The summed E-state index contributed by atoms with van der Waals surface area (Å²) in [6, 6.07) is 6.75. The lowest BCUT2D eigenvalue weighted by molar-refractivity contribution is -0.270. The molecule has 1 aromatic heterocycles. The molecule has 6 heteroatoms. The number of benzene rings is 1. The van der Waals surface area contributed by atoms with Crippen LogP contribution in [0.25, 0.3) is 11.0 Å². The zero-order valence-corrected chi connectivity index (χ0v) is 14.6. The van der Waals surface area contributed by atoms with Crippen molar-refractivity contribution in [2.45, 2.75) is 31.1 Å². The molecule has 0 saturated carbocycles. The molecule has 2 heterocycles. The minimum Gasteiger partial charge on any atom is -0.868 e. The van der Waals surface area contributed by atoms with Gasteiger partial charge in [0.05, 0.1) is 0 Å². The van der Waals surface area contributed by atoms with Crippen molar-refractivity contribution in [1.82, 2.24) is 4.90 Å². The number of carbonyl (C=O) groups is 1. The molecule has 0 bridgehead atoms. The molecule has 0 aliphatic carbocycles. The maximum atomic E-state index is 12.7. The zero-order valence-electron chi connectivity index (χ0n) is 13.7. The molecule has 1 amide bonds. The first-order valence-electron chi connectivity index (χ1n) is 8.30. The Labute approximate surface area is 143 Å².